The van der Waals surface area contributed by atoms with Crippen LogP contribution in [-0.4, -0.2) is 17.8 Å². The molecule has 0 unspecified atom stereocenters. The molecule has 3 rings (SSSR count). The highest BCUT2D eigenvalue weighted by Crippen LogP contribution is 2.31. The van der Waals surface area contributed by atoms with Gasteiger partial charge in [0.1, 0.15) is 17.5 Å². The fourth-order valence-electron chi connectivity index (χ4n) is 2.97. The van der Waals surface area contributed by atoms with Crippen molar-refractivity contribution in [1.29, 1.82) is 0 Å². The lowest BCUT2D eigenvalue weighted by Crippen LogP contribution is -2.33. The fourth-order valence-corrected chi connectivity index (χ4v) is 3.10. The Morgan fingerprint density at radius 3 is 2.21 bits per heavy atom. The molecule has 2 aromatic carbocycles. The molecular weight excluding hydrogens is 322 g/mol. The maximum Gasteiger partial charge on any atom is 0.149 e. The summed E-state index contributed by atoms with van der Waals surface area (Å²) < 4.78 is 0. The SMILES string of the molecule is O=C1CC(c2ccccc2)CC(=O)C1C=NCc1ccc(Cl)cc1. The zero-order valence-corrected chi connectivity index (χ0v) is 13.9. The number of benzene rings is 2. The molecule has 0 heterocycles. The Morgan fingerprint density at radius 2 is 1.58 bits per heavy atom. The molecule has 1 aliphatic carbocycles. The van der Waals surface area contributed by atoms with Crippen molar-refractivity contribution in [3.63, 3.8) is 0 Å². The van der Waals surface area contributed by atoms with Gasteiger partial charge < -0.3 is 0 Å². The van der Waals surface area contributed by atoms with Crippen LogP contribution >= 0.6 is 11.6 Å². The molecule has 0 spiro atoms. The van der Waals surface area contributed by atoms with Crippen molar-refractivity contribution in [3.8, 4) is 0 Å². The molecule has 24 heavy (non-hydrogen) atoms. The summed E-state index contributed by atoms with van der Waals surface area (Å²) >= 11 is 5.84. The van der Waals surface area contributed by atoms with Gasteiger partial charge in [-0.25, -0.2) is 0 Å². The van der Waals surface area contributed by atoms with Gasteiger partial charge in [0.15, 0.2) is 0 Å². The van der Waals surface area contributed by atoms with Gasteiger partial charge in [0.25, 0.3) is 0 Å². The molecule has 3 nitrogen and oxygen atoms in total. The molecule has 0 atom stereocenters. The highest BCUT2D eigenvalue weighted by Gasteiger charge is 2.34. The van der Waals surface area contributed by atoms with Gasteiger partial charge in [-0.15, -0.1) is 0 Å². The second kappa shape index (κ2) is 7.54. The molecule has 0 saturated heterocycles. The van der Waals surface area contributed by atoms with E-state index >= 15 is 0 Å². The van der Waals surface area contributed by atoms with E-state index < -0.39 is 5.92 Å². The summed E-state index contributed by atoms with van der Waals surface area (Å²) in [6.45, 7) is 0.441. The van der Waals surface area contributed by atoms with Gasteiger partial charge >= 0.3 is 0 Å². The predicted molar refractivity (Wildman–Crippen MR) is 95.6 cm³/mol. The van der Waals surface area contributed by atoms with Crippen LogP contribution < -0.4 is 0 Å². The Balaban J connectivity index is 1.63. The monoisotopic (exact) mass is 339 g/mol. The number of rotatable bonds is 4. The van der Waals surface area contributed by atoms with Gasteiger partial charge in [0, 0.05) is 24.1 Å². The van der Waals surface area contributed by atoms with E-state index in [9.17, 15) is 9.59 Å². The number of hydrogen-bond acceptors (Lipinski definition) is 3. The molecule has 0 aromatic heterocycles. The average Bonchev–Trinajstić information content (AvgIpc) is 2.59. The van der Waals surface area contributed by atoms with E-state index in [-0.39, 0.29) is 17.5 Å². The molecule has 1 aliphatic rings. The van der Waals surface area contributed by atoms with Crippen LogP contribution in [0, 0.1) is 5.92 Å². The smallest absolute Gasteiger partial charge is 0.149 e. The van der Waals surface area contributed by atoms with E-state index in [1.54, 1.807) is 12.1 Å². The number of hydrogen-bond donors (Lipinski definition) is 0. The van der Waals surface area contributed by atoms with Crippen molar-refractivity contribution in [1.82, 2.24) is 0 Å². The zero-order chi connectivity index (χ0) is 16.9. The average molecular weight is 340 g/mol. The van der Waals surface area contributed by atoms with Gasteiger partial charge in [-0.2, -0.15) is 0 Å². The Kier molecular flexibility index (Phi) is 5.21. The third-order valence-corrected chi connectivity index (χ3v) is 4.55. The Bertz CT molecular complexity index is 735. The van der Waals surface area contributed by atoms with E-state index in [0.717, 1.165) is 11.1 Å². The normalized spacial score (nSPS) is 21.4. The van der Waals surface area contributed by atoms with E-state index in [0.29, 0.717) is 24.4 Å². The van der Waals surface area contributed by atoms with E-state index in [4.69, 9.17) is 11.6 Å². The van der Waals surface area contributed by atoms with E-state index in [1.165, 1.54) is 6.21 Å². The summed E-state index contributed by atoms with van der Waals surface area (Å²) in [5.41, 5.74) is 2.05. The summed E-state index contributed by atoms with van der Waals surface area (Å²) in [4.78, 5) is 29.0. The second-order valence-corrected chi connectivity index (χ2v) is 6.48. The van der Waals surface area contributed by atoms with E-state index in [2.05, 4.69) is 4.99 Å². The maximum absolute atomic E-state index is 12.3. The first kappa shape index (κ1) is 16.6. The number of Topliss-reactive ketones (excluding diaryl/α,β-unsaturated/α-hetero) is 2. The first-order chi connectivity index (χ1) is 11.6. The van der Waals surface area contributed by atoms with Crippen LogP contribution in [0.1, 0.15) is 29.9 Å². The molecule has 2 aromatic rings. The summed E-state index contributed by atoms with van der Waals surface area (Å²) in [5, 5.41) is 0.673. The minimum Gasteiger partial charge on any atom is -0.298 e. The van der Waals surface area contributed by atoms with Gasteiger partial charge in [0.05, 0.1) is 6.54 Å². The summed E-state index contributed by atoms with van der Waals surface area (Å²) in [6.07, 6.45) is 2.31. The fraction of sp³-hybridized carbons (Fsp3) is 0.250. The largest absolute Gasteiger partial charge is 0.298 e. The van der Waals surface area contributed by atoms with Crippen molar-refractivity contribution in [2.75, 3.05) is 0 Å². The number of nitrogens with zero attached hydrogens (tertiary/aromatic N) is 1. The molecule has 0 amide bonds. The van der Waals surface area contributed by atoms with Gasteiger partial charge in [0.2, 0.25) is 0 Å². The molecule has 0 aliphatic heterocycles. The number of carbonyl (C=O) groups is 2. The van der Waals surface area contributed by atoms with Crippen molar-refractivity contribution in [2.45, 2.75) is 25.3 Å². The van der Waals surface area contributed by atoms with Gasteiger partial charge in [-0.3, -0.25) is 14.6 Å². The number of halogens is 1. The molecule has 1 saturated carbocycles. The summed E-state index contributed by atoms with van der Waals surface area (Å²) in [7, 11) is 0. The van der Waals surface area contributed by atoms with Crippen molar-refractivity contribution in [2.24, 2.45) is 10.9 Å². The highest BCUT2D eigenvalue weighted by atomic mass is 35.5. The third kappa shape index (κ3) is 3.98. The molecule has 0 radical (unpaired) electrons. The van der Waals surface area contributed by atoms with Crippen LogP contribution in [0.4, 0.5) is 0 Å². The molecule has 1 fully saturated rings. The minimum absolute atomic E-state index is 0.00730. The van der Waals surface area contributed by atoms with Crippen molar-refractivity contribution in [3.05, 3.63) is 70.7 Å². The van der Waals surface area contributed by atoms with Crippen LogP contribution in [0.2, 0.25) is 5.02 Å². The molecule has 4 heteroatoms. The first-order valence-corrected chi connectivity index (χ1v) is 8.36. The number of carbonyl (C=O) groups excluding carboxylic acids is 2. The lowest BCUT2D eigenvalue weighted by Gasteiger charge is -2.24. The standard InChI is InChI=1S/C20H18ClNO2/c21-17-8-6-14(7-9-17)12-22-13-18-19(23)10-16(11-20(18)24)15-4-2-1-3-5-15/h1-9,13,16,18H,10-12H2. The number of ketones is 2. The van der Waals surface area contributed by atoms with Crippen LogP contribution in [0.3, 0.4) is 0 Å². The molecule has 122 valence electrons. The van der Waals surface area contributed by atoms with Crippen molar-refractivity contribution >= 4 is 29.4 Å². The molecule has 0 bridgehead atoms. The Labute approximate surface area is 146 Å². The Hall–Kier alpha value is -2.26. The van der Waals surface area contributed by atoms with Gasteiger partial charge in [-0.1, -0.05) is 54.1 Å². The molecular formula is C20H18ClNO2. The van der Waals surface area contributed by atoms with E-state index in [1.807, 2.05) is 42.5 Å². The summed E-state index contributed by atoms with van der Waals surface area (Å²) in [5.74, 6) is -0.788. The predicted octanol–water partition coefficient (Wildman–Crippen LogP) is 4.24. The second-order valence-electron chi connectivity index (χ2n) is 6.04. The third-order valence-electron chi connectivity index (χ3n) is 4.30. The lowest BCUT2D eigenvalue weighted by atomic mass is 9.77. The molecule has 0 N–H and O–H groups in total. The quantitative estimate of drug-likeness (QED) is 0.617. The highest BCUT2D eigenvalue weighted by molar-refractivity contribution is 6.30. The maximum atomic E-state index is 12.3. The minimum atomic E-state index is -0.697. The topological polar surface area (TPSA) is 46.5 Å². The summed E-state index contributed by atoms with van der Waals surface area (Å²) in [6, 6.07) is 17.1. The first-order valence-electron chi connectivity index (χ1n) is 7.98. The van der Waals surface area contributed by atoms with Crippen LogP contribution in [0.5, 0.6) is 0 Å². The number of aliphatic imine (C=N–C) groups is 1. The van der Waals surface area contributed by atoms with Crippen LogP contribution in [-0.2, 0) is 16.1 Å². The van der Waals surface area contributed by atoms with Crippen LogP contribution in [0.25, 0.3) is 0 Å². The van der Waals surface area contributed by atoms with Gasteiger partial charge in [-0.05, 0) is 29.2 Å². The Morgan fingerprint density at radius 1 is 0.958 bits per heavy atom. The lowest BCUT2D eigenvalue weighted by molar-refractivity contribution is -0.133. The zero-order valence-electron chi connectivity index (χ0n) is 13.2. The van der Waals surface area contributed by atoms with Crippen LogP contribution in [0.15, 0.2) is 59.6 Å². The van der Waals surface area contributed by atoms with Crippen molar-refractivity contribution < 1.29 is 9.59 Å².